The topological polar surface area (TPSA) is 81.1 Å². The Kier molecular flexibility index (Phi) is 5.58. The van der Waals surface area contributed by atoms with Crippen LogP contribution >= 0.6 is 15.9 Å². The van der Waals surface area contributed by atoms with E-state index < -0.39 is 0 Å². The lowest BCUT2D eigenvalue weighted by atomic mass is 10.0. The molecule has 0 unspecified atom stereocenters. The Morgan fingerprint density at radius 2 is 1.86 bits per heavy atom. The van der Waals surface area contributed by atoms with E-state index in [2.05, 4.69) is 26.2 Å². The van der Waals surface area contributed by atoms with Crippen LogP contribution in [0.25, 0.3) is 10.9 Å². The van der Waals surface area contributed by atoms with Gasteiger partial charge in [-0.05, 0) is 43.2 Å². The number of aromatic nitrogens is 2. The molecule has 4 rings (SSSR count). The van der Waals surface area contributed by atoms with Gasteiger partial charge < -0.3 is 9.88 Å². The molecule has 6 nitrogen and oxygen atoms in total. The highest BCUT2D eigenvalue weighted by molar-refractivity contribution is 9.10. The molecule has 29 heavy (non-hydrogen) atoms. The second-order valence-corrected chi connectivity index (χ2v) is 8.19. The molecule has 1 saturated carbocycles. The van der Waals surface area contributed by atoms with Crippen LogP contribution in [0.4, 0.5) is 0 Å². The Morgan fingerprint density at radius 3 is 2.59 bits per heavy atom. The molecule has 0 radical (unpaired) electrons. The van der Waals surface area contributed by atoms with Crippen LogP contribution in [0.15, 0.2) is 58.2 Å². The number of benzene rings is 1. The minimum Gasteiger partial charge on any atom is -0.352 e. The largest absolute Gasteiger partial charge is 0.352 e. The summed E-state index contributed by atoms with van der Waals surface area (Å²) in [5.74, 6) is -0.503. The molecule has 2 aromatic heterocycles. The summed E-state index contributed by atoms with van der Waals surface area (Å²) in [5.41, 5.74) is 0.686. The third-order valence-electron chi connectivity index (χ3n) is 5.26. The molecule has 148 valence electrons. The fraction of sp³-hybridized carbons (Fsp3) is 0.273. The average Bonchev–Trinajstić information content (AvgIpc) is 3.23. The van der Waals surface area contributed by atoms with Crippen molar-refractivity contribution in [2.75, 3.05) is 0 Å². The highest BCUT2D eigenvalue weighted by atomic mass is 79.9. The van der Waals surface area contributed by atoms with Gasteiger partial charge in [0.25, 0.3) is 0 Å². The molecule has 0 atom stereocenters. The summed E-state index contributed by atoms with van der Waals surface area (Å²) in [6.45, 7) is 0.0472. The van der Waals surface area contributed by atoms with E-state index in [1.807, 2.05) is 6.07 Å². The van der Waals surface area contributed by atoms with Gasteiger partial charge in [0, 0.05) is 40.1 Å². The third-order valence-corrected chi connectivity index (χ3v) is 5.76. The zero-order valence-corrected chi connectivity index (χ0v) is 17.3. The maximum absolute atomic E-state index is 13.0. The van der Waals surface area contributed by atoms with Gasteiger partial charge in [-0.2, -0.15) is 0 Å². The minimum absolute atomic E-state index is 0.0375. The fourth-order valence-corrected chi connectivity index (χ4v) is 4.18. The van der Waals surface area contributed by atoms with Crippen LogP contribution in [0, 0.1) is 0 Å². The maximum Gasteiger partial charge on any atom is 0.240 e. The average molecular weight is 454 g/mol. The van der Waals surface area contributed by atoms with Crippen LogP contribution in [0.1, 0.15) is 41.6 Å². The first-order chi connectivity index (χ1) is 14.0. The van der Waals surface area contributed by atoms with Gasteiger partial charge in [-0.1, -0.05) is 28.8 Å². The number of nitrogens with zero attached hydrogens (tertiary/aromatic N) is 2. The van der Waals surface area contributed by atoms with Gasteiger partial charge in [0.05, 0.1) is 11.1 Å². The summed E-state index contributed by atoms with van der Waals surface area (Å²) in [5, 5.41) is 3.45. The molecule has 0 saturated heterocycles. The molecule has 1 amide bonds. The number of carbonyl (C=O) groups is 2. The SMILES string of the molecule is O=C(Cn1cc(C(=O)c2ccncc2)c(=O)c2cc(Br)ccc21)NC1CCCC1. The summed E-state index contributed by atoms with van der Waals surface area (Å²) in [6, 6.07) is 8.64. The second kappa shape index (κ2) is 8.29. The van der Waals surface area contributed by atoms with E-state index in [1.165, 1.54) is 18.6 Å². The number of fused-ring (bicyclic) bond motifs is 1. The summed E-state index contributed by atoms with van der Waals surface area (Å²) in [7, 11) is 0. The predicted molar refractivity (Wildman–Crippen MR) is 114 cm³/mol. The highest BCUT2D eigenvalue weighted by Gasteiger charge is 2.20. The first-order valence-electron chi connectivity index (χ1n) is 9.60. The Hall–Kier alpha value is -2.80. The molecule has 3 aromatic rings. The molecule has 2 heterocycles. The quantitative estimate of drug-likeness (QED) is 0.599. The zero-order chi connectivity index (χ0) is 20.4. The number of rotatable bonds is 5. The molecule has 0 aliphatic heterocycles. The van der Waals surface area contributed by atoms with Crippen molar-refractivity contribution in [3.05, 3.63) is 74.7 Å². The number of ketones is 1. The summed E-state index contributed by atoms with van der Waals surface area (Å²) in [4.78, 5) is 42.5. The Labute approximate surface area is 176 Å². The first-order valence-corrected chi connectivity index (χ1v) is 10.4. The van der Waals surface area contributed by atoms with Crippen molar-refractivity contribution in [1.82, 2.24) is 14.9 Å². The normalized spacial score (nSPS) is 14.2. The van der Waals surface area contributed by atoms with Crippen molar-refractivity contribution in [1.29, 1.82) is 0 Å². The van der Waals surface area contributed by atoms with E-state index in [9.17, 15) is 14.4 Å². The lowest BCUT2D eigenvalue weighted by Gasteiger charge is -2.16. The Morgan fingerprint density at radius 1 is 1.14 bits per heavy atom. The van der Waals surface area contributed by atoms with Crippen molar-refractivity contribution in [2.45, 2.75) is 38.3 Å². The molecular weight excluding hydrogens is 434 g/mol. The van der Waals surface area contributed by atoms with Gasteiger partial charge in [-0.15, -0.1) is 0 Å². The molecule has 7 heteroatoms. The standard InChI is InChI=1S/C22H20BrN3O3/c23-15-5-6-19-17(11-15)22(29)18(21(28)14-7-9-24-10-8-14)12-26(19)13-20(27)25-16-3-1-2-4-16/h5-12,16H,1-4,13H2,(H,25,27). The van der Waals surface area contributed by atoms with E-state index >= 15 is 0 Å². The predicted octanol–water partition coefficient (Wildman–Crippen LogP) is 3.45. The number of amides is 1. The first kappa shape index (κ1) is 19.5. The van der Waals surface area contributed by atoms with Crippen molar-refractivity contribution in [2.24, 2.45) is 0 Å². The molecule has 1 aromatic carbocycles. The second-order valence-electron chi connectivity index (χ2n) is 7.28. The van der Waals surface area contributed by atoms with E-state index in [0.717, 1.165) is 30.2 Å². The number of pyridine rings is 2. The van der Waals surface area contributed by atoms with E-state index in [-0.39, 0.29) is 35.3 Å². The van der Waals surface area contributed by atoms with Crippen molar-refractivity contribution >= 4 is 38.5 Å². The number of halogens is 1. The van der Waals surface area contributed by atoms with Crippen LogP contribution in [0.5, 0.6) is 0 Å². The lowest BCUT2D eigenvalue weighted by molar-refractivity contribution is -0.122. The molecule has 1 N–H and O–H groups in total. The molecule has 0 bridgehead atoms. The molecule has 1 aliphatic rings. The van der Waals surface area contributed by atoms with Crippen LogP contribution in [-0.4, -0.2) is 27.3 Å². The van der Waals surface area contributed by atoms with E-state index in [4.69, 9.17) is 0 Å². The fourth-order valence-electron chi connectivity index (χ4n) is 3.82. The maximum atomic E-state index is 13.0. The monoisotopic (exact) mass is 453 g/mol. The summed E-state index contributed by atoms with van der Waals surface area (Å²) in [6.07, 6.45) is 8.77. The van der Waals surface area contributed by atoms with Gasteiger partial charge in [0.2, 0.25) is 11.3 Å². The molecular formula is C22H20BrN3O3. The number of nitrogens with one attached hydrogen (secondary N) is 1. The minimum atomic E-state index is -0.385. The smallest absolute Gasteiger partial charge is 0.240 e. The van der Waals surface area contributed by atoms with Crippen LogP contribution < -0.4 is 10.7 Å². The van der Waals surface area contributed by atoms with Crippen LogP contribution in [-0.2, 0) is 11.3 Å². The van der Waals surface area contributed by atoms with Crippen molar-refractivity contribution in [3.8, 4) is 0 Å². The lowest BCUT2D eigenvalue weighted by Crippen LogP contribution is -2.35. The van der Waals surface area contributed by atoms with Crippen molar-refractivity contribution < 1.29 is 9.59 Å². The van der Waals surface area contributed by atoms with Gasteiger partial charge in [-0.3, -0.25) is 19.4 Å². The van der Waals surface area contributed by atoms with Crippen molar-refractivity contribution in [3.63, 3.8) is 0 Å². The van der Waals surface area contributed by atoms with E-state index in [0.29, 0.717) is 16.5 Å². The molecule has 1 fully saturated rings. The van der Waals surface area contributed by atoms with Crippen LogP contribution in [0.2, 0.25) is 0 Å². The Bertz CT molecular complexity index is 1140. The van der Waals surface area contributed by atoms with E-state index in [1.54, 1.807) is 28.8 Å². The summed E-state index contributed by atoms with van der Waals surface area (Å²) >= 11 is 3.39. The summed E-state index contributed by atoms with van der Waals surface area (Å²) < 4.78 is 2.42. The number of carbonyl (C=O) groups excluding carboxylic acids is 2. The van der Waals surface area contributed by atoms with Crippen LogP contribution in [0.3, 0.4) is 0 Å². The molecule has 0 spiro atoms. The van der Waals surface area contributed by atoms with Gasteiger partial charge >= 0.3 is 0 Å². The highest BCUT2D eigenvalue weighted by Crippen LogP contribution is 2.20. The third kappa shape index (κ3) is 4.15. The number of hydrogen-bond donors (Lipinski definition) is 1. The number of hydrogen-bond acceptors (Lipinski definition) is 4. The zero-order valence-electron chi connectivity index (χ0n) is 15.7. The molecule has 1 aliphatic carbocycles. The van der Waals surface area contributed by atoms with Gasteiger partial charge in [-0.25, -0.2) is 0 Å². The van der Waals surface area contributed by atoms with Gasteiger partial charge in [0.15, 0.2) is 5.78 Å². The Balaban J connectivity index is 1.76. The van der Waals surface area contributed by atoms with Gasteiger partial charge in [0.1, 0.15) is 6.54 Å².